The van der Waals surface area contributed by atoms with Gasteiger partial charge in [0, 0.05) is 11.6 Å². The van der Waals surface area contributed by atoms with Crippen molar-refractivity contribution in [1.29, 1.82) is 0 Å². The van der Waals surface area contributed by atoms with E-state index in [1.165, 1.54) is 18.2 Å². The van der Waals surface area contributed by atoms with Gasteiger partial charge in [-0.25, -0.2) is 0 Å². The Morgan fingerprint density at radius 1 is 1.19 bits per heavy atom. The smallest absolute Gasteiger partial charge is 0.120 e. The van der Waals surface area contributed by atoms with Gasteiger partial charge in [-0.05, 0) is 25.1 Å². The highest BCUT2D eigenvalue weighted by atomic mass is 16.3. The van der Waals surface area contributed by atoms with Crippen LogP contribution >= 0.6 is 0 Å². The molecule has 0 spiro atoms. The van der Waals surface area contributed by atoms with Crippen LogP contribution in [0.2, 0.25) is 0 Å². The van der Waals surface area contributed by atoms with E-state index in [0.29, 0.717) is 5.56 Å². The van der Waals surface area contributed by atoms with Crippen LogP contribution in [0.4, 0.5) is 0 Å². The topological polar surface area (TPSA) is 93.0 Å². The molecule has 0 radical (unpaired) electrons. The Bertz CT molecular complexity index is 339. The summed E-state index contributed by atoms with van der Waals surface area (Å²) in [7, 11) is 0. The number of aliphatic hydroxyl groups is 2. The molecule has 0 aliphatic carbocycles. The Labute approximate surface area is 94.0 Å². The Morgan fingerprint density at radius 3 is 2.38 bits per heavy atom. The van der Waals surface area contributed by atoms with E-state index in [2.05, 4.69) is 5.32 Å². The summed E-state index contributed by atoms with van der Waals surface area (Å²) < 4.78 is 0. The Morgan fingerprint density at radius 2 is 1.81 bits per heavy atom. The Hall–Kier alpha value is -1.30. The number of phenolic OH excluding ortho intramolecular Hbond substituents is 2. The molecule has 0 amide bonds. The maximum Gasteiger partial charge on any atom is 0.120 e. The Balaban J connectivity index is 2.79. The molecule has 0 fully saturated rings. The normalized spacial score (nSPS) is 13.0. The molecular formula is C11H17NO4. The van der Waals surface area contributed by atoms with Gasteiger partial charge in [0.05, 0.1) is 19.3 Å². The van der Waals surface area contributed by atoms with E-state index in [9.17, 15) is 10.2 Å². The van der Waals surface area contributed by atoms with E-state index < -0.39 is 6.04 Å². The molecule has 1 rings (SSSR count). The summed E-state index contributed by atoms with van der Waals surface area (Å²) in [6.45, 7) is 1.38. The van der Waals surface area contributed by atoms with Gasteiger partial charge in [-0.3, -0.25) is 0 Å². The lowest BCUT2D eigenvalue weighted by Gasteiger charge is -2.21. The predicted octanol–water partition coefficient (Wildman–Crippen LogP) is 0.102. The summed E-state index contributed by atoms with van der Waals surface area (Å²) in [6, 6.07) is 3.50. The number of phenols is 2. The van der Waals surface area contributed by atoms with Gasteiger partial charge in [0.15, 0.2) is 0 Å². The molecule has 5 nitrogen and oxygen atoms in total. The van der Waals surface area contributed by atoms with Crippen LogP contribution in [0.15, 0.2) is 18.2 Å². The average Bonchev–Trinajstić information content (AvgIpc) is 2.28. The van der Waals surface area contributed by atoms with Crippen molar-refractivity contribution in [2.45, 2.75) is 19.0 Å². The molecular weight excluding hydrogens is 210 g/mol. The number of rotatable bonds is 5. The molecule has 1 unspecified atom stereocenters. The fourth-order valence-electron chi connectivity index (χ4n) is 1.50. The third-order valence-electron chi connectivity index (χ3n) is 2.40. The number of benzene rings is 1. The van der Waals surface area contributed by atoms with Crippen molar-refractivity contribution >= 4 is 0 Å². The van der Waals surface area contributed by atoms with Gasteiger partial charge in [-0.2, -0.15) is 0 Å². The fourth-order valence-corrected chi connectivity index (χ4v) is 1.50. The Kier molecular flexibility index (Phi) is 4.54. The minimum Gasteiger partial charge on any atom is -0.508 e. The molecule has 1 aromatic carbocycles. The van der Waals surface area contributed by atoms with E-state index in [-0.39, 0.29) is 30.8 Å². The number of nitrogens with one attached hydrogen (secondary N) is 1. The lowest BCUT2D eigenvalue weighted by atomic mass is 10.1. The maximum absolute atomic E-state index is 9.59. The zero-order valence-electron chi connectivity index (χ0n) is 9.09. The van der Waals surface area contributed by atoms with Gasteiger partial charge in [-0.15, -0.1) is 0 Å². The van der Waals surface area contributed by atoms with Crippen LogP contribution in [-0.2, 0) is 0 Å². The molecule has 5 N–H and O–H groups in total. The number of hydrogen-bond donors (Lipinski definition) is 5. The summed E-state index contributed by atoms with van der Waals surface area (Å²) in [5, 5.41) is 39.6. The highest BCUT2D eigenvalue weighted by molar-refractivity contribution is 5.40. The highest BCUT2D eigenvalue weighted by Crippen LogP contribution is 2.27. The van der Waals surface area contributed by atoms with Crippen LogP contribution in [0.25, 0.3) is 0 Å². The fraction of sp³-hybridized carbons (Fsp3) is 0.455. The van der Waals surface area contributed by atoms with Crippen molar-refractivity contribution in [2.24, 2.45) is 0 Å². The van der Waals surface area contributed by atoms with Crippen molar-refractivity contribution in [2.75, 3.05) is 13.2 Å². The summed E-state index contributed by atoms with van der Waals surface area (Å²) in [5.41, 5.74) is 0.520. The molecule has 0 bridgehead atoms. The lowest BCUT2D eigenvalue weighted by Crippen LogP contribution is -2.37. The van der Waals surface area contributed by atoms with Gasteiger partial charge in [-0.1, -0.05) is 0 Å². The van der Waals surface area contributed by atoms with Crippen molar-refractivity contribution in [3.63, 3.8) is 0 Å². The third kappa shape index (κ3) is 3.10. The van der Waals surface area contributed by atoms with Crippen molar-refractivity contribution in [3.8, 4) is 11.5 Å². The van der Waals surface area contributed by atoms with E-state index in [1.54, 1.807) is 6.92 Å². The molecule has 0 aliphatic rings. The second kappa shape index (κ2) is 5.69. The van der Waals surface area contributed by atoms with Crippen molar-refractivity contribution in [1.82, 2.24) is 5.32 Å². The molecule has 16 heavy (non-hydrogen) atoms. The second-order valence-electron chi connectivity index (χ2n) is 3.69. The molecule has 0 saturated heterocycles. The van der Waals surface area contributed by atoms with Gasteiger partial charge >= 0.3 is 0 Å². The van der Waals surface area contributed by atoms with Crippen LogP contribution in [0, 0.1) is 0 Å². The second-order valence-corrected chi connectivity index (χ2v) is 3.69. The number of aliphatic hydroxyl groups excluding tert-OH is 2. The first-order valence-electron chi connectivity index (χ1n) is 5.08. The minimum absolute atomic E-state index is 0.0611. The monoisotopic (exact) mass is 227 g/mol. The van der Waals surface area contributed by atoms with Gasteiger partial charge in [0.1, 0.15) is 11.5 Å². The van der Waals surface area contributed by atoms with E-state index in [0.717, 1.165) is 0 Å². The van der Waals surface area contributed by atoms with E-state index in [4.69, 9.17) is 10.2 Å². The predicted molar refractivity (Wildman–Crippen MR) is 59.3 cm³/mol. The van der Waals surface area contributed by atoms with Crippen molar-refractivity contribution in [3.05, 3.63) is 23.8 Å². The highest BCUT2D eigenvalue weighted by Gasteiger charge is 2.15. The van der Waals surface area contributed by atoms with E-state index in [1.807, 2.05) is 0 Å². The molecule has 1 aromatic rings. The largest absolute Gasteiger partial charge is 0.508 e. The van der Waals surface area contributed by atoms with Crippen molar-refractivity contribution < 1.29 is 20.4 Å². The molecule has 1 atom stereocenters. The summed E-state index contributed by atoms with van der Waals surface area (Å²) >= 11 is 0. The first-order valence-corrected chi connectivity index (χ1v) is 5.08. The van der Waals surface area contributed by atoms with Gasteiger partial charge in [0.2, 0.25) is 0 Å². The summed E-state index contributed by atoms with van der Waals surface area (Å²) in [4.78, 5) is 0. The van der Waals surface area contributed by atoms with Crippen LogP contribution in [0.3, 0.4) is 0 Å². The zero-order valence-corrected chi connectivity index (χ0v) is 9.09. The van der Waals surface area contributed by atoms with Gasteiger partial charge in [0.25, 0.3) is 0 Å². The molecule has 0 heterocycles. The molecule has 90 valence electrons. The minimum atomic E-state index is -0.447. The summed E-state index contributed by atoms with van der Waals surface area (Å²) in [5.74, 6) is 0.124. The maximum atomic E-state index is 9.59. The molecule has 0 saturated carbocycles. The van der Waals surface area contributed by atoms with E-state index >= 15 is 0 Å². The lowest BCUT2D eigenvalue weighted by molar-refractivity contribution is 0.163. The zero-order chi connectivity index (χ0) is 12.1. The van der Waals surface area contributed by atoms with Crippen LogP contribution in [0.5, 0.6) is 11.5 Å². The SMILES string of the molecule is CC(NC(CO)CO)c1cc(O)ccc1O. The van der Waals surface area contributed by atoms with Crippen LogP contribution in [0.1, 0.15) is 18.5 Å². The molecule has 0 aliphatic heterocycles. The average molecular weight is 227 g/mol. The van der Waals surface area contributed by atoms with Crippen LogP contribution < -0.4 is 5.32 Å². The molecule has 0 aromatic heterocycles. The van der Waals surface area contributed by atoms with Crippen LogP contribution in [-0.4, -0.2) is 39.7 Å². The van der Waals surface area contributed by atoms with Gasteiger partial charge < -0.3 is 25.7 Å². The third-order valence-corrected chi connectivity index (χ3v) is 2.40. The standard InChI is InChI=1S/C11H17NO4/c1-7(12-8(5-13)6-14)10-4-9(15)2-3-11(10)16/h2-4,7-8,12-16H,5-6H2,1H3. The summed E-state index contributed by atoms with van der Waals surface area (Å²) in [6.07, 6.45) is 0. The number of aromatic hydroxyl groups is 2. The first kappa shape index (κ1) is 12.8. The first-order chi connectivity index (χ1) is 7.58. The number of hydrogen-bond acceptors (Lipinski definition) is 5. The molecule has 5 heteroatoms. The quantitative estimate of drug-likeness (QED) is 0.460.